The highest BCUT2D eigenvalue weighted by atomic mass is 19.4. The van der Waals surface area contributed by atoms with Gasteiger partial charge in [0.25, 0.3) is 0 Å². The lowest BCUT2D eigenvalue weighted by atomic mass is 10.1. The molecule has 0 amide bonds. The van der Waals surface area contributed by atoms with Crippen LogP contribution in [0.15, 0.2) is 6.07 Å². The van der Waals surface area contributed by atoms with E-state index < -0.39 is 17.8 Å². The molecule has 3 heterocycles. The number of carboxylic acids is 1. The first kappa shape index (κ1) is 18.7. The van der Waals surface area contributed by atoms with E-state index in [0.29, 0.717) is 19.6 Å². The number of carboxylic acid groups (broad SMARTS) is 1. The van der Waals surface area contributed by atoms with Crippen molar-refractivity contribution in [2.45, 2.75) is 32.0 Å². The first-order chi connectivity index (χ1) is 11.7. The second-order valence-electron chi connectivity index (χ2n) is 7.23. The third-order valence-electron chi connectivity index (χ3n) is 5.67. The fourth-order valence-electron chi connectivity index (χ4n) is 4.01. The molecule has 3 fully saturated rings. The minimum atomic E-state index is -4.52. The third kappa shape index (κ3) is 3.17. The van der Waals surface area contributed by atoms with Crippen LogP contribution in [-0.4, -0.2) is 52.2 Å². The monoisotopic (exact) mass is 374 g/mol. The van der Waals surface area contributed by atoms with Crippen molar-refractivity contribution in [3.8, 4) is 0 Å². The van der Waals surface area contributed by atoms with Crippen LogP contribution in [0.5, 0.6) is 0 Å². The summed E-state index contributed by atoms with van der Waals surface area (Å²) in [6.45, 7) is 3.72. The maximum Gasteiger partial charge on any atom is 0.433 e. The van der Waals surface area contributed by atoms with Crippen molar-refractivity contribution in [2.24, 2.45) is 17.8 Å². The Labute approximate surface area is 148 Å². The molecular formula is C16H21F3N4O3. The van der Waals surface area contributed by atoms with Gasteiger partial charge in [0.2, 0.25) is 5.95 Å². The second-order valence-corrected chi connectivity index (χ2v) is 7.23. The molecule has 2 saturated heterocycles. The van der Waals surface area contributed by atoms with Gasteiger partial charge in [-0.3, -0.25) is 4.79 Å². The first-order valence-corrected chi connectivity index (χ1v) is 8.43. The lowest BCUT2D eigenvalue weighted by Gasteiger charge is -2.39. The van der Waals surface area contributed by atoms with E-state index in [0.717, 1.165) is 12.5 Å². The number of alkyl halides is 3. The molecule has 144 valence electrons. The number of fused-ring (bicyclic) bond motifs is 1. The maximum absolute atomic E-state index is 13.2. The van der Waals surface area contributed by atoms with Gasteiger partial charge in [-0.25, -0.2) is 4.98 Å². The van der Waals surface area contributed by atoms with Crippen LogP contribution in [0.3, 0.4) is 0 Å². The van der Waals surface area contributed by atoms with Crippen LogP contribution in [-0.2, 0) is 11.0 Å². The maximum atomic E-state index is 13.2. The molecule has 1 aromatic rings. The Balaban J connectivity index is 0.00000196. The van der Waals surface area contributed by atoms with Crippen molar-refractivity contribution < 1.29 is 28.5 Å². The van der Waals surface area contributed by atoms with Gasteiger partial charge < -0.3 is 20.4 Å². The highest BCUT2D eigenvalue weighted by molar-refractivity contribution is 5.68. The average Bonchev–Trinajstić information content (AvgIpc) is 2.95. The van der Waals surface area contributed by atoms with E-state index >= 15 is 0 Å². The standard InChI is InChI=1S/C16H19F3N4O2.H2O/c1-8-2-3-23(8)15-20-12(16(17,18)19)5-13(21-15)22-6-10-9(4-14(24)25)11(10)7-22;/h5,8-11H,2-4,6-7H2,1H3,(H,24,25);1H2/t8-,9?,10-,11+;/m0./s1. The summed E-state index contributed by atoms with van der Waals surface area (Å²) in [4.78, 5) is 22.5. The molecule has 1 aromatic heterocycles. The van der Waals surface area contributed by atoms with Crippen LogP contribution in [0.2, 0.25) is 0 Å². The first-order valence-electron chi connectivity index (χ1n) is 8.43. The molecule has 0 bridgehead atoms. The van der Waals surface area contributed by atoms with E-state index in [1.807, 2.05) is 11.8 Å². The number of anilines is 2. The summed E-state index contributed by atoms with van der Waals surface area (Å²) in [6, 6.07) is 1.15. The minimum Gasteiger partial charge on any atom is -0.481 e. The van der Waals surface area contributed by atoms with Crippen LogP contribution in [0.25, 0.3) is 0 Å². The van der Waals surface area contributed by atoms with E-state index in [1.54, 1.807) is 4.90 Å². The summed E-state index contributed by atoms with van der Waals surface area (Å²) in [7, 11) is 0. The highest BCUT2D eigenvalue weighted by Gasteiger charge is 2.56. The normalized spacial score (nSPS) is 29.7. The van der Waals surface area contributed by atoms with E-state index in [9.17, 15) is 18.0 Å². The van der Waals surface area contributed by atoms with Crippen molar-refractivity contribution in [2.75, 3.05) is 29.4 Å². The minimum absolute atomic E-state index is 0. The fourth-order valence-corrected chi connectivity index (χ4v) is 4.01. The molecule has 3 N–H and O–H groups in total. The number of aromatic nitrogens is 2. The van der Waals surface area contributed by atoms with Gasteiger partial charge in [-0.1, -0.05) is 0 Å². The van der Waals surface area contributed by atoms with Crippen molar-refractivity contribution in [3.63, 3.8) is 0 Å². The Morgan fingerprint density at radius 1 is 1.31 bits per heavy atom. The third-order valence-corrected chi connectivity index (χ3v) is 5.67. The lowest BCUT2D eigenvalue weighted by molar-refractivity contribution is -0.141. The highest BCUT2D eigenvalue weighted by Crippen LogP contribution is 2.54. The summed E-state index contributed by atoms with van der Waals surface area (Å²) in [5.41, 5.74) is -0.922. The molecule has 1 saturated carbocycles. The molecule has 0 spiro atoms. The van der Waals surface area contributed by atoms with Crippen molar-refractivity contribution in [3.05, 3.63) is 11.8 Å². The average molecular weight is 374 g/mol. The van der Waals surface area contributed by atoms with E-state index in [-0.39, 0.29) is 47.5 Å². The quantitative estimate of drug-likeness (QED) is 0.856. The van der Waals surface area contributed by atoms with Crippen LogP contribution in [0.1, 0.15) is 25.5 Å². The van der Waals surface area contributed by atoms with Gasteiger partial charge in [-0.2, -0.15) is 18.2 Å². The Hall–Kier alpha value is -2.10. The number of nitrogens with zero attached hydrogens (tertiary/aromatic N) is 4. The topological polar surface area (TPSA) is 101 Å². The van der Waals surface area contributed by atoms with Gasteiger partial charge in [0.15, 0.2) is 5.69 Å². The zero-order valence-electron chi connectivity index (χ0n) is 14.2. The molecular weight excluding hydrogens is 353 g/mol. The number of aliphatic carboxylic acids is 1. The summed E-state index contributed by atoms with van der Waals surface area (Å²) in [5, 5.41) is 8.88. The summed E-state index contributed by atoms with van der Waals surface area (Å²) < 4.78 is 39.6. The van der Waals surface area contributed by atoms with Gasteiger partial charge in [-0.05, 0) is 31.1 Å². The summed E-state index contributed by atoms with van der Waals surface area (Å²) >= 11 is 0. The van der Waals surface area contributed by atoms with Gasteiger partial charge in [-0.15, -0.1) is 0 Å². The molecule has 1 unspecified atom stereocenters. The number of halogens is 3. The number of hydrogen-bond donors (Lipinski definition) is 1. The van der Waals surface area contributed by atoms with E-state index in [4.69, 9.17) is 5.11 Å². The molecule has 26 heavy (non-hydrogen) atoms. The molecule has 0 aromatic carbocycles. The molecule has 3 aliphatic rings. The number of carbonyl (C=O) groups is 1. The Kier molecular flexibility index (Phi) is 4.50. The molecule has 7 nitrogen and oxygen atoms in total. The molecule has 4 atom stereocenters. The van der Waals surface area contributed by atoms with Crippen LogP contribution < -0.4 is 9.80 Å². The van der Waals surface area contributed by atoms with Crippen LogP contribution in [0, 0.1) is 17.8 Å². The molecule has 0 radical (unpaired) electrons. The van der Waals surface area contributed by atoms with Crippen LogP contribution >= 0.6 is 0 Å². The van der Waals surface area contributed by atoms with Gasteiger partial charge in [0.1, 0.15) is 5.82 Å². The van der Waals surface area contributed by atoms with Crippen molar-refractivity contribution in [1.82, 2.24) is 9.97 Å². The smallest absolute Gasteiger partial charge is 0.433 e. The number of hydrogen-bond acceptors (Lipinski definition) is 5. The van der Waals surface area contributed by atoms with Gasteiger partial charge in [0, 0.05) is 38.2 Å². The zero-order valence-corrected chi connectivity index (χ0v) is 14.2. The predicted octanol–water partition coefficient (Wildman–Crippen LogP) is 1.43. The Morgan fingerprint density at radius 3 is 2.42 bits per heavy atom. The van der Waals surface area contributed by atoms with E-state index in [1.165, 1.54) is 0 Å². The van der Waals surface area contributed by atoms with Crippen molar-refractivity contribution in [1.29, 1.82) is 0 Å². The molecule has 4 rings (SSSR count). The Bertz CT molecular complexity index is 702. The molecule has 10 heteroatoms. The van der Waals surface area contributed by atoms with Crippen LogP contribution in [0.4, 0.5) is 24.9 Å². The largest absolute Gasteiger partial charge is 0.481 e. The number of piperidine rings is 1. The second kappa shape index (κ2) is 6.26. The lowest BCUT2D eigenvalue weighted by Crippen LogP contribution is -2.47. The fraction of sp³-hybridized carbons (Fsp3) is 0.688. The molecule has 2 aliphatic heterocycles. The Morgan fingerprint density at radius 2 is 1.96 bits per heavy atom. The number of rotatable bonds is 4. The van der Waals surface area contributed by atoms with E-state index in [2.05, 4.69) is 9.97 Å². The van der Waals surface area contributed by atoms with Gasteiger partial charge in [0.05, 0.1) is 0 Å². The van der Waals surface area contributed by atoms with Gasteiger partial charge >= 0.3 is 12.1 Å². The van der Waals surface area contributed by atoms with Crippen molar-refractivity contribution >= 4 is 17.7 Å². The summed E-state index contributed by atoms with van der Waals surface area (Å²) in [5.74, 6) is 0.233. The molecule has 1 aliphatic carbocycles. The zero-order chi connectivity index (χ0) is 17.9. The predicted molar refractivity (Wildman–Crippen MR) is 87.0 cm³/mol. The SMILES string of the molecule is C[C@H]1CCN1c1nc(N2C[C@@H]3C(CC(=O)O)[C@@H]3C2)cc(C(F)(F)F)n1.O. The summed E-state index contributed by atoms with van der Waals surface area (Å²) in [6.07, 6.45) is -3.47.